The highest BCUT2D eigenvalue weighted by molar-refractivity contribution is 5.04. The zero-order valence-corrected chi connectivity index (χ0v) is 17.4. The molecule has 0 aromatic carbocycles. The number of nitrogens with zero attached hydrogens (tertiary/aromatic N) is 8. The summed E-state index contributed by atoms with van der Waals surface area (Å²) in [6.45, 7) is 15.0. The fraction of sp³-hybridized carbons (Fsp3) is 0.632. The molecule has 0 N–H and O–H groups in total. The van der Waals surface area contributed by atoms with Gasteiger partial charge in [0, 0.05) is 30.8 Å². The van der Waals surface area contributed by atoms with Crippen LogP contribution in [0.3, 0.4) is 0 Å². The standard InChI is InChI=1S/C19H30N8/c1-17(2,3)25-12-15(20-13-25)10-18(4,5)27-14-21-16(23-27)11-19(6,7)26-9-8-22-24-26/h8-9,12-14H,10-11H2,1-7H3. The van der Waals surface area contributed by atoms with Gasteiger partial charge in [-0.2, -0.15) is 5.10 Å². The smallest absolute Gasteiger partial charge is 0.153 e. The fourth-order valence-electron chi connectivity index (χ4n) is 3.01. The minimum absolute atomic E-state index is 0.0305. The van der Waals surface area contributed by atoms with Crippen LogP contribution in [0.25, 0.3) is 0 Å². The van der Waals surface area contributed by atoms with E-state index in [4.69, 9.17) is 5.10 Å². The van der Waals surface area contributed by atoms with Crippen molar-refractivity contribution < 1.29 is 0 Å². The molecule has 0 spiro atoms. The molecular formula is C19H30N8. The van der Waals surface area contributed by atoms with Crippen LogP contribution in [0.1, 0.15) is 60.0 Å². The minimum atomic E-state index is -0.238. The first-order valence-corrected chi connectivity index (χ1v) is 9.29. The SMILES string of the molecule is CC(C)(C)n1cnc(CC(C)(C)n2cnc(CC(C)(C)n3ccnn3)n2)c1. The van der Waals surface area contributed by atoms with Gasteiger partial charge in [-0.3, -0.25) is 0 Å². The Morgan fingerprint density at radius 2 is 1.56 bits per heavy atom. The molecule has 0 unspecified atom stereocenters. The number of rotatable bonds is 6. The van der Waals surface area contributed by atoms with Crippen LogP contribution in [-0.4, -0.2) is 39.3 Å². The number of hydrogen-bond acceptors (Lipinski definition) is 5. The predicted octanol–water partition coefficient (Wildman–Crippen LogP) is 2.78. The monoisotopic (exact) mass is 370 g/mol. The molecule has 0 aliphatic heterocycles. The van der Waals surface area contributed by atoms with E-state index in [0.717, 1.165) is 17.9 Å². The lowest BCUT2D eigenvalue weighted by molar-refractivity contribution is 0.291. The van der Waals surface area contributed by atoms with Crippen molar-refractivity contribution in [3.63, 3.8) is 0 Å². The second-order valence-electron chi connectivity index (χ2n) is 9.37. The van der Waals surface area contributed by atoms with E-state index in [1.54, 1.807) is 6.20 Å². The van der Waals surface area contributed by atoms with Crippen molar-refractivity contribution in [2.75, 3.05) is 0 Å². The van der Waals surface area contributed by atoms with Crippen LogP contribution in [0.15, 0.2) is 31.2 Å². The summed E-state index contributed by atoms with van der Waals surface area (Å²) >= 11 is 0. The Morgan fingerprint density at radius 1 is 0.852 bits per heavy atom. The number of imidazole rings is 1. The molecular weight excluding hydrogens is 340 g/mol. The van der Waals surface area contributed by atoms with Crippen LogP contribution in [0, 0.1) is 0 Å². The van der Waals surface area contributed by atoms with Crippen LogP contribution in [-0.2, 0) is 29.5 Å². The third-order valence-corrected chi connectivity index (χ3v) is 4.82. The highest BCUT2D eigenvalue weighted by Gasteiger charge is 2.27. The van der Waals surface area contributed by atoms with Crippen molar-refractivity contribution in [1.29, 1.82) is 0 Å². The Kier molecular flexibility index (Phi) is 4.69. The summed E-state index contributed by atoms with van der Waals surface area (Å²) in [5.74, 6) is 0.795. The van der Waals surface area contributed by atoms with Crippen LogP contribution >= 0.6 is 0 Å². The lowest BCUT2D eigenvalue weighted by atomic mass is 9.99. The van der Waals surface area contributed by atoms with Crippen molar-refractivity contribution in [3.8, 4) is 0 Å². The van der Waals surface area contributed by atoms with E-state index in [-0.39, 0.29) is 16.6 Å². The molecule has 27 heavy (non-hydrogen) atoms. The number of aromatic nitrogens is 8. The van der Waals surface area contributed by atoms with Gasteiger partial charge in [-0.1, -0.05) is 5.21 Å². The summed E-state index contributed by atoms with van der Waals surface area (Å²) in [6.07, 6.45) is 10.9. The van der Waals surface area contributed by atoms with E-state index >= 15 is 0 Å². The van der Waals surface area contributed by atoms with Crippen LogP contribution in [0.5, 0.6) is 0 Å². The molecule has 3 aromatic rings. The summed E-state index contributed by atoms with van der Waals surface area (Å²) < 4.78 is 5.93. The zero-order chi connectivity index (χ0) is 19.9. The van der Waals surface area contributed by atoms with Crippen LogP contribution < -0.4 is 0 Å². The molecule has 3 aromatic heterocycles. The van der Waals surface area contributed by atoms with Crippen LogP contribution in [0.2, 0.25) is 0 Å². The molecule has 0 aliphatic carbocycles. The quantitative estimate of drug-likeness (QED) is 0.666. The Hall–Kier alpha value is -2.51. The molecule has 3 heterocycles. The third-order valence-electron chi connectivity index (χ3n) is 4.82. The van der Waals surface area contributed by atoms with Crippen molar-refractivity contribution in [2.45, 2.75) is 77.9 Å². The zero-order valence-electron chi connectivity index (χ0n) is 17.4. The van der Waals surface area contributed by atoms with Gasteiger partial charge in [0.2, 0.25) is 0 Å². The van der Waals surface area contributed by atoms with Gasteiger partial charge < -0.3 is 4.57 Å². The van der Waals surface area contributed by atoms with Crippen molar-refractivity contribution in [2.24, 2.45) is 0 Å². The molecule has 146 valence electrons. The molecule has 0 bridgehead atoms. The maximum atomic E-state index is 4.74. The van der Waals surface area contributed by atoms with Gasteiger partial charge in [0.15, 0.2) is 5.82 Å². The normalized spacial score (nSPS) is 13.3. The maximum absolute atomic E-state index is 4.74. The first-order valence-electron chi connectivity index (χ1n) is 9.29. The van der Waals surface area contributed by atoms with E-state index in [2.05, 4.69) is 79.5 Å². The summed E-state index contributed by atoms with van der Waals surface area (Å²) in [6, 6.07) is 0. The van der Waals surface area contributed by atoms with Gasteiger partial charge in [-0.05, 0) is 48.5 Å². The summed E-state index contributed by atoms with van der Waals surface area (Å²) in [7, 11) is 0. The number of hydrogen-bond donors (Lipinski definition) is 0. The van der Waals surface area contributed by atoms with Gasteiger partial charge in [0.1, 0.15) is 6.33 Å². The lowest BCUT2D eigenvalue weighted by Gasteiger charge is -2.25. The summed E-state index contributed by atoms with van der Waals surface area (Å²) in [5, 5.41) is 12.7. The lowest BCUT2D eigenvalue weighted by Crippen LogP contribution is -2.32. The van der Waals surface area contributed by atoms with Gasteiger partial charge in [-0.25, -0.2) is 19.3 Å². The topological polar surface area (TPSA) is 79.2 Å². The Morgan fingerprint density at radius 3 is 2.15 bits per heavy atom. The summed E-state index contributed by atoms with van der Waals surface area (Å²) in [5.41, 5.74) is 0.621. The van der Waals surface area contributed by atoms with Crippen molar-refractivity contribution in [3.05, 3.63) is 42.8 Å². The second kappa shape index (κ2) is 6.58. The van der Waals surface area contributed by atoms with Crippen molar-refractivity contribution in [1.82, 2.24) is 39.3 Å². The van der Waals surface area contributed by atoms with E-state index < -0.39 is 0 Å². The highest BCUT2D eigenvalue weighted by Crippen LogP contribution is 2.23. The molecule has 0 fully saturated rings. The molecule has 0 amide bonds. The summed E-state index contributed by atoms with van der Waals surface area (Å²) in [4.78, 5) is 9.10. The van der Waals surface area contributed by atoms with Gasteiger partial charge in [0.25, 0.3) is 0 Å². The highest BCUT2D eigenvalue weighted by atomic mass is 15.4. The predicted molar refractivity (Wildman–Crippen MR) is 103 cm³/mol. The first-order chi connectivity index (χ1) is 12.5. The molecule has 0 aliphatic rings. The Labute approximate surface area is 160 Å². The Balaban J connectivity index is 1.73. The average Bonchev–Trinajstić information content (AvgIpc) is 3.27. The largest absolute Gasteiger partial charge is 0.332 e. The second-order valence-corrected chi connectivity index (χ2v) is 9.37. The fourth-order valence-corrected chi connectivity index (χ4v) is 3.01. The average molecular weight is 371 g/mol. The molecule has 0 atom stereocenters. The first kappa shape index (κ1) is 19.3. The minimum Gasteiger partial charge on any atom is -0.332 e. The van der Waals surface area contributed by atoms with Crippen LogP contribution in [0.4, 0.5) is 0 Å². The third kappa shape index (κ3) is 4.26. The van der Waals surface area contributed by atoms with E-state index in [9.17, 15) is 0 Å². The molecule has 8 nitrogen and oxygen atoms in total. The van der Waals surface area contributed by atoms with Gasteiger partial charge in [-0.15, -0.1) is 5.10 Å². The van der Waals surface area contributed by atoms with E-state index in [0.29, 0.717) is 6.42 Å². The molecule has 8 heteroatoms. The maximum Gasteiger partial charge on any atom is 0.153 e. The van der Waals surface area contributed by atoms with Gasteiger partial charge >= 0.3 is 0 Å². The molecule has 3 rings (SSSR count). The molecule has 0 radical (unpaired) electrons. The Bertz CT molecular complexity index is 877. The van der Waals surface area contributed by atoms with E-state index in [1.807, 2.05) is 28.2 Å². The van der Waals surface area contributed by atoms with Gasteiger partial charge in [0.05, 0.1) is 29.3 Å². The van der Waals surface area contributed by atoms with Crippen molar-refractivity contribution >= 4 is 0 Å². The molecule has 0 saturated carbocycles. The van der Waals surface area contributed by atoms with E-state index in [1.165, 1.54) is 0 Å². The molecule has 0 saturated heterocycles.